The first-order valence-corrected chi connectivity index (χ1v) is 14.9. The Balaban J connectivity index is 1.26. The van der Waals surface area contributed by atoms with Crippen molar-refractivity contribution in [1.82, 2.24) is 5.32 Å². The third kappa shape index (κ3) is 7.37. The van der Waals surface area contributed by atoms with E-state index in [0.29, 0.717) is 30.0 Å². The molecule has 1 aromatic heterocycles. The number of rotatable bonds is 10. The Morgan fingerprint density at radius 2 is 1.50 bits per heavy atom. The maximum absolute atomic E-state index is 12.8. The number of nitrogens with one attached hydrogen (secondary N) is 1. The fourth-order valence-electron chi connectivity index (χ4n) is 3.66. The minimum absolute atomic E-state index is 0.0832. The van der Waals surface area contributed by atoms with E-state index in [0.717, 1.165) is 26.2 Å². The molecule has 0 fully saturated rings. The standard InChI is InChI=1S/C30H29NO4S3/c1-4-20-5-9-23(10-6-20)28(32)31-18-17-21-7-13-25(14-8-21)35-30(2,3)29(33)34-24-15-11-22(12-16-24)26-19-27(36)38-37-26/h5-16,19H,4,17-18H2,1-3H3,(H,31,32). The largest absolute Gasteiger partial charge is 0.476 e. The van der Waals surface area contributed by atoms with E-state index in [1.54, 1.807) is 46.7 Å². The summed E-state index contributed by atoms with van der Waals surface area (Å²) >= 11 is 5.20. The van der Waals surface area contributed by atoms with E-state index in [4.69, 9.17) is 21.7 Å². The fraction of sp³-hybridized carbons (Fsp3) is 0.233. The van der Waals surface area contributed by atoms with Gasteiger partial charge in [-0.15, -0.1) is 0 Å². The van der Waals surface area contributed by atoms with E-state index in [2.05, 4.69) is 12.2 Å². The Morgan fingerprint density at radius 1 is 0.868 bits per heavy atom. The number of hydrogen-bond donors (Lipinski definition) is 1. The van der Waals surface area contributed by atoms with Gasteiger partial charge < -0.3 is 14.8 Å². The van der Waals surface area contributed by atoms with Gasteiger partial charge in [0, 0.05) is 17.0 Å². The van der Waals surface area contributed by atoms with Gasteiger partial charge in [0.2, 0.25) is 5.60 Å². The number of ether oxygens (including phenoxy) is 2. The summed E-state index contributed by atoms with van der Waals surface area (Å²) in [5.74, 6) is 0.438. The van der Waals surface area contributed by atoms with Gasteiger partial charge in [-0.25, -0.2) is 4.79 Å². The molecule has 38 heavy (non-hydrogen) atoms. The number of amides is 1. The van der Waals surface area contributed by atoms with Gasteiger partial charge in [-0.1, -0.05) is 64.1 Å². The lowest BCUT2D eigenvalue weighted by molar-refractivity contribution is -0.149. The number of aryl methyl sites for hydroxylation is 1. The van der Waals surface area contributed by atoms with Gasteiger partial charge in [-0.3, -0.25) is 4.79 Å². The molecule has 1 amide bonds. The average Bonchev–Trinajstić information content (AvgIpc) is 3.36. The van der Waals surface area contributed by atoms with Crippen molar-refractivity contribution >= 4 is 44.8 Å². The summed E-state index contributed by atoms with van der Waals surface area (Å²) in [5, 5.41) is 2.95. The van der Waals surface area contributed by atoms with Crippen molar-refractivity contribution in [3.05, 3.63) is 99.4 Å². The molecule has 4 aromatic rings. The molecular weight excluding hydrogens is 535 g/mol. The van der Waals surface area contributed by atoms with Gasteiger partial charge in [-0.2, -0.15) is 0 Å². The zero-order valence-corrected chi connectivity index (χ0v) is 23.9. The predicted molar refractivity (Wildman–Crippen MR) is 157 cm³/mol. The Bertz CT molecular complexity index is 1440. The molecule has 0 atom stereocenters. The van der Waals surface area contributed by atoms with E-state index in [1.165, 1.54) is 5.56 Å². The molecular formula is C30H29NO4S3. The Morgan fingerprint density at radius 3 is 2.11 bits per heavy atom. The van der Waals surface area contributed by atoms with E-state index >= 15 is 0 Å². The van der Waals surface area contributed by atoms with Gasteiger partial charge in [0.15, 0.2) is 0 Å². The number of carbonyl (C=O) groups excluding carboxylic acids is 2. The second kappa shape index (κ2) is 12.5. The number of hydrogen-bond acceptors (Lipinski definition) is 7. The van der Waals surface area contributed by atoms with Crippen molar-refractivity contribution in [2.45, 2.75) is 39.2 Å². The van der Waals surface area contributed by atoms with E-state index in [1.807, 2.05) is 66.7 Å². The van der Waals surface area contributed by atoms with Crippen LogP contribution in [0.25, 0.3) is 10.4 Å². The van der Waals surface area contributed by atoms with Crippen LogP contribution in [0.1, 0.15) is 42.3 Å². The van der Waals surface area contributed by atoms with Crippen molar-refractivity contribution in [1.29, 1.82) is 0 Å². The van der Waals surface area contributed by atoms with Crippen LogP contribution in [0.3, 0.4) is 0 Å². The number of benzene rings is 3. The molecule has 1 N–H and O–H groups in total. The average molecular weight is 564 g/mol. The van der Waals surface area contributed by atoms with Crippen molar-refractivity contribution in [3.63, 3.8) is 0 Å². The molecule has 8 heteroatoms. The minimum Gasteiger partial charge on any atom is -0.476 e. The van der Waals surface area contributed by atoms with Crippen molar-refractivity contribution in [2.24, 2.45) is 0 Å². The highest BCUT2D eigenvalue weighted by molar-refractivity contribution is 7.80. The lowest BCUT2D eigenvalue weighted by Crippen LogP contribution is -2.41. The molecule has 5 nitrogen and oxygen atoms in total. The van der Waals surface area contributed by atoms with Crippen LogP contribution in [0.4, 0.5) is 0 Å². The van der Waals surface area contributed by atoms with Crippen molar-refractivity contribution < 1.29 is 19.1 Å². The van der Waals surface area contributed by atoms with Crippen LogP contribution in [0.15, 0.2) is 78.9 Å². The van der Waals surface area contributed by atoms with Crippen LogP contribution in [0.2, 0.25) is 0 Å². The molecule has 0 bridgehead atoms. The number of esters is 1. The molecule has 0 aliphatic rings. The third-order valence-electron chi connectivity index (χ3n) is 5.92. The Kier molecular flexibility index (Phi) is 9.09. The minimum atomic E-state index is -1.19. The normalized spacial score (nSPS) is 11.1. The zero-order chi connectivity index (χ0) is 27.1. The highest BCUT2D eigenvalue weighted by Gasteiger charge is 2.32. The summed E-state index contributed by atoms with van der Waals surface area (Å²) in [4.78, 5) is 26.3. The molecule has 0 aliphatic carbocycles. The molecule has 0 spiro atoms. The first-order chi connectivity index (χ1) is 18.2. The molecule has 0 unspecified atom stereocenters. The summed E-state index contributed by atoms with van der Waals surface area (Å²) in [6.07, 6.45) is 1.63. The third-order valence-corrected chi connectivity index (χ3v) is 8.83. The highest BCUT2D eigenvalue weighted by Crippen LogP contribution is 2.31. The zero-order valence-electron chi connectivity index (χ0n) is 21.5. The van der Waals surface area contributed by atoms with Crippen LogP contribution < -0.4 is 14.8 Å². The Hall–Kier alpha value is -3.33. The van der Waals surface area contributed by atoms with Crippen LogP contribution in [-0.2, 0) is 17.6 Å². The van der Waals surface area contributed by atoms with Crippen LogP contribution in [0.5, 0.6) is 11.5 Å². The van der Waals surface area contributed by atoms with Gasteiger partial charge in [0.1, 0.15) is 15.3 Å². The number of carbonyl (C=O) groups is 2. The lowest BCUT2D eigenvalue weighted by Gasteiger charge is -2.24. The molecule has 1 heterocycles. The smallest absolute Gasteiger partial charge is 0.355 e. The molecule has 3 aromatic carbocycles. The van der Waals surface area contributed by atoms with Gasteiger partial charge in [0.05, 0.1) is 0 Å². The summed E-state index contributed by atoms with van der Waals surface area (Å²) in [5.41, 5.74) is 2.76. The molecule has 196 valence electrons. The maximum Gasteiger partial charge on any atom is 0.355 e. The lowest BCUT2D eigenvalue weighted by atomic mass is 10.1. The Labute approximate surface area is 235 Å². The second-order valence-electron chi connectivity index (χ2n) is 9.22. The van der Waals surface area contributed by atoms with E-state index < -0.39 is 11.6 Å². The first kappa shape index (κ1) is 27.7. The predicted octanol–water partition coefficient (Wildman–Crippen LogP) is 7.50. The van der Waals surface area contributed by atoms with Crippen LogP contribution in [-0.4, -0.2) is 24.0 Å². The van der Waals surface area contributed by atoms with Crippen molar-refractivity contribution in [2.75, 3.05) is 6.54 Å². The summed E-state index contributed by atoms with van der Waals surface area (Å²) < 4.78 is 12.4. The van der Waals surface area contributed by atoms with Crippen molar-refractivity contribution in [3.8, 4) is 21.9 Å². The summed E-state index contributed by atoms with van der Waals surface area (Å²) in [6, 6.07) is 24.5. The summed E-state index contributed by atoms with van der Waals surface area (Å²) in [7, 11) is 3.19. The molecule has 4 rings (SSSR count). The molecule has 0 radical (unpaired) electrons. The molecule has 0 saturated heterocycles. The fourth-order valence-corrected chi connectivity index (χ4v) is 6.07. The topological polar surface area (TPSA) is 64.6 Å². The maximum atomic E-state index is 12.8. The van der Waals surface area contributed by atoms with E-state index in [9.17, 15) is 9.59 Å². The first-order valence-electron chi connectivity index (χ1n) is 12.3. The molecule has 0 aliphatic heterocycles. The van der Waals surface area contributed by atoms with Crippen LogP contribution >= 0.6 is 32.9 Å². The van der Waals surface area contributed by atoms with E-state index in [-0.39, 0.29) is 5.91 Å². The SMILES string of the molecule is CCc1ccc(C(=O)NCCc2ccc(OC(C)(C)C(=O)Oc3ccc(-c4cc(=S)ss4)cc3)cc2)cc1. The quantitative estimate of drug-likeness (QED) is 0.0937. The van der Waals surface area contributed by atoms with Gasteiger partial charge in [-0.05, 0) is 98.0 Å². The second-order valence-corrected chi connectivity index (χ2v) is 12.1. The van der Waals surface area contributed by atoms with Gasteiger partial charge >= 0.3 is 5.97 Å². The highest BCUT2D eigenvalue weighted by atomic mass is 32.9. The van der Waals surface area contributed by atoms with Crippen LogP contribution in [0, 0.1) is 3.82 Å². The van der Waals surface area contributed by atoms with Gasteiger partial charge in [0.25, 0.3) is 5.91 Å². The molecule has 0 saturated carbocycles. The summed E-state index contributed by atoms with van der Waals surface area (Å²) in [6.45, 7) is 5.96. The monoisotopic (exact) mass is 563 g/mol.